The third-order valence-corrected chi connectivity index (χ3v) is 5.13. The van der Waals surface area contributed by atoms with Gasteiger partial charge in [-0.25, -0.2) is 0 Å². The van der Waals surface area contributed by atoms with Crippen LogP contribution in [0.5, 0.6) is 0 Å². The van der Waals surface area contributed by atoms with Gasteiger partial charge >= 0.3 is 0 Å². The van der Waals surface area contributed by atoms with Crippen LogP contribution in [0.1, 0.15) is 13.3 Å². The Labute approximate surface area is 172 Å². The lowest BCUT2D eigenvalue weighted by molar-refractivity contribution is -0.120. The number of aromatic nitrogens is 2. The summed E-state index contributed by atoms with van der Waals surface area (Å²) in [6.07, 6.45) is 4.59. The van der Waals surface area contributed by atoms with E-state index in [1.54, 1.807) is 22.8 Å². The summed E-state index contributed by atoms with van der Waals surface area (Å²) in [6.45, 7) is 6.62. The molecule has 29 heavy (non-hydrogen) atoms. The third-order valence-electron chi connectivity index (χ3n) is 5.13. The van der Waals surface area contributed by atoms with E-state index in [0.717, 1.165) is 44.2 Å². The molecule has 2 aromatic rings. The van der Waals surface area contributed by atoms with E-state index in [1.807, 2.05) is 24.2 Å². The van der Waals surface area contributed by atoms with E-state index in [4.69, 9.17) is 0 Å². The van der Waals surface area contributed by atoms with E-state index in [-0.39, 0.29) is 5.91 Å². The summed E-state index contributed by atoms with van der Waals surface area (Å²) >= 11 is 0. The molecule has 156 valence electrons. The predicted molar refractivity (Wildman–Crippen MR) is 117 cm³/mol. The number of piperazine rings is 1. The van der Waals surface area contributed by atoms with Gasteiger partial charge in [0, 0.05) is 58.7 Å². The number of benzene rings is 1. The van der Waals surface area contributed by atoms with E-state index in [9.17, 15) is 4.79 Å². The molecular formula is C21H31N7O. The molecule has 0 unspecified atom stereocenters. The van der Waals surface area contributed by atoms with Gasteiger partial charge in [-0.2, -0.15) is 5.10 Å². The van der Waals surface area contributed by atoms with E-state index in [2.05, 4.69) is 51.5 Å². The largest absolute Gasteiger partial charge is 0.372 e. The second kappa shape index (κ2) is 9.95. The Kier molecular flexibility index (Phi) is 7.10. The van der Waals surface area contributed by atoms with E-state index in [1.165, 1.54) is 5.69 Å². The highest BCUT2D eigenvalue weighted by atomic mass is 16.2. The van der Waals surface area contributed by atoms with Crippen molar-refractivity contribution in [3.05, 3.63) is 42.7 Å². The molecule has 2 heterocycles. The van der Waals surface area contributed by atoms with Gasteiger partial charge in [-0.15, -0.1) is 0 Å². The zero-order chi connectivity index (χ0) is 20.6. The topological polar surface area (TPSA) is 69.0 Å². The van der Waals surface area contributed by atoms with Crippen LogP contribution in [0.3, 0.4) is 0 Å². The monoisotopic (exact) mass is 397 g/mol. The summed E-state index contributed by atoms with van der Waals surface area (Å²) in [7, 11) is 3.62. The van der Waals surface area contributed by atoms with Crippen molar-refractivity contribution in [1.82, 2.24) is 20.0 Å². The second-order valence-electron chi connectivity index (χ2n) is 7.08. The van der Waals surface area contributed by atoms with Gasteiger partial charge in [-0.05, 0) is 25.5 Å². The molecule has 0 saturated carbocycles. The maximum absolute atomic E-state index is 12.6. The van der Waals surface area contributed by atoms with Gasteiger partial charge in [0.15, 0.2) is 5.96 Å². The molecule has 1 aliphatic rings. The standard InChI is InChI=1S/C21H31N7O/c1-4-26(18-9-6-5-7-10-18)12-8-11-23-21(22-2)27-13-14-28(20(29)17-27)19-15-24-25(3)16-19/h5-7,9-10,15-16H,4,8,11-14,17H2,1-3H3,(H,22,23). The molecule has 1 N–H and O–H groups in total. The molecule has 0 spiro atoms. The van der Waals surface area contributed by atoms with Gasteiger partial charge in [-0.3, -0.25) is 14.5 Å². The van der Waals surface area contributed by atoms with E-state index in [0.29, 0.717) is 13.1 Å². The van der Waals surface area contributed by atoms with Crippen LogP contribution < -0.4 is 15.1 Å². The maximum Gasteiger partial charge on any atom is 0.246 e. The predicted octanol–water partition coefficient (Wildman–Crippen LogP) is 1.56. The highest BCUT2D eigenvalue weighted by Gasteiger charge is 2.27. The molecule has 0 atom stereocenters. The first-order valence-corrected chi connectivity index (χ1v) is 10.2. The number of nitrogens with zero attached hydrogens (tertiary/aromatic N) is 6. The van der Waals surface area contributed by atoms with Gasteiger partial charge < -0.3 is 20.0 Å². The fraction of sp³-hybridized carbons (Fsp3) is 0.476. The zero-order valence-corrected chi connectivity index (χ0v) is 17.6. The molecule has 0 radical (unpaired) electrons. The first kappa shape index (κ1) is 20.7. The van der Waals surface area contributed by atoms with Crippen LogP contribution in [0.15, 0.2) is 47.7 Å². The molecule has 8 nitrogen and oxygen atoms in total. The lowest BCUT2D eigenvalue weighted by Crippen LogP contribution is -2.55. The Morgan fingerprint density at radius 3 is 2.69 bits per heavy atom. The molecule has 1 aliphatic heterocycles. The van der Waals surface area contributed by atoms with Crippen molar-refractivity contribution in [2.45, 2.75) is 13.3 Å². The number of hydrogen-bond donors (Lipinski definition) is 1. The number of para-hydroxylation sites is 1. The highest BCUT2D eigenvalue weighted by Crippen LogP contribution is 2.16. The minimum atomic E-state index is 0.0634. The molecular weight excluding hydrogens is 366 g/mol. The molecule has 1 amide bonds. The van der Waals surface area contributed by atoms with Gasteiger partial charge in [0.2, 0.25) is 5.91 Å². The lowest BCUT2D eigenvalue weighted by Gasteiger charge is -2.35. The summed E-state index contributed by atoms with van der Waals surface area (Å²) < 4.78 is 1.71. The number of aryl methyl sites for hydroxylation is 1. The van der Waals surface area contributed by atoms with Crippen LogP contribution in [-0.4, -0.2) is 72.9 Å². The second-order valence-corrected chi connectivity index (χ2v) is 7.08. The number of carbonyl (C=O) groups excluding carboxylic acids is 1. The van der Waals surface area contributed by atoms with Gasteiger partial charge in [0.25, 0.3) is 0 Å². The van der Waals surface area contributed by atoms with E-state index >= 15 is 0 Å². The number of nitrogens with one attached hydrogen (secondary N) is 1. The van der Waals surface area contributed by atoms with Crippen LogP contribution in [0, 0.1) is 0 Å². The average molecular weight is 398 g/mol. The van der Waals surface area contributed by atoms with Crippen molar-refractivity contribution in [1.29, 1.82) is 0 Å². The number of aliphatic imine (C=N–C) groups is 1. The van der Waals surface area contributed by atoms with Gasteiger partial charge in [0.05, 0.1) is 11.9 Å². The first-order valence-electron chi connectivity index (χ1n) is 10.2. The molecule has 0 aliphatic carbocycles. The Morgan fingerprint density at radius 1 is 1.28 bits per heavy atom. The van der Waals surface area contributed by atoms with Crippen LogP contribution in [0.2, 0.25) is 0 Å². The molecule has 1 fully saturated rings. The molecule has 0 bridgehead atoms. The molecule has 1 saturated heterocycles. The summed E-state index contributed by atoms with van der Waals surface area (Å²) in [5.41, 5.74) is 2.09. The quantitative estimate of drug-likeness (QED) is 0.436. The smallest absolute Gasteiger partial charge is 0.246 e. The highest BCUT2D eigenvalue weighted by molar-refractivity contribution is 5.98. The van der Waals surface area contributed by atoms with Crippen LogP contribution in [0.4, 0.5) is 11.4 Å². The molecule has 1 aromatic carbocycles. The summed E-state index contributed by atoms with van der Waals surface area (Å²) in [6, 6.07) is 10.5. The average Bonchev–Trinajstić information content (AvgIpc) is 3.17. The normalized spacial score (nSPS) is 15.0. The van der Waals surface area contributed by atoms with Crippen molar-refractivity contribution in [3.8, 4) is 0 Å². The number of hydrogen-bond acceptors (Lipinski definition) is 4. The number of amides is 1. The Morgan fingerprint density at radius 2 is 2.07 bits per heavy atom. The minimum Gasteiger partial charge on any atom is -0.372 e. The van der Waals surface area contributed by atoms with Crippen molar-refractivity contribution in [2.75, 3.05) is 56.1 Å². The number of carbonyl (C=O) groups is 1. The van der Waals surface area contributed by atoms with Gasteiger partial charge in [-0.1, -0.05) is 18.2 Å². The van der Waals surface area contributed by atoms with E-state index < -0.39 is 0 Å². The Balaban J connectivity index is 1.46. The van der Waals surface area contributed by atoms with Crippen molar-refractivity contribution in [2.24, 2.45) is 12.0 Å². The van der Waals surface area contributed by atoms with Crippen molar-refractivity contribution >= 4 is 23.2 Å². The first-order chi connectivity index (χ1) is 14.1. The number of anilines is 2. The van der Waals surface area contributed by atoms with Gasteiger partial charge in [0.1, 0.15) is 6.54 Å². The lowest BCUT2D eigenvalue weighted by atomic mass is 10.2. The summed E-state index contributed by atoms with van der Waals surface area (Å²) in [4.78, 5) is 23.1. The van der Waals surface area contributed by atoms with Crippen molar-refractivity contribution < 1.29 is 4.79 Å². The maximum atomic E-state index is 12.6. The van der Waals surface area contributed by atoms with Crippen LogP contribution in [0.25, 0.3) is 0 Å². The summed E-state index contributed by atoms with van der Waals surface area (Å²) in [5, 5.41) is 7.57. The van der Waals surface area contributed by atoms with Crippen LogP contribution in [-0.2, 0) is 11.8 Å². The third kappa shape index (κ3) is 5.28. The van der Waals surface area contributed by atoms with Crippen LogP contribution >= 0.6 is 0 Å². The fourth-order valence-electron chi connectivity index (χ4n) is 3.59. The number of rotatable bonds is 7. The van der Waals surface area contributed by atoms with Crippen molar-refractivity contribution in [3.63, 3.8) is 0 Å². The zero-order valence-electron chi connectivity index (χ0n) is 17.6. The Hall–Kier alpha value is -3.03. The molecule has 3 rings (SSSR count). The SMILES string of the molecule is CCN(CCCNC(=NC)N1CCN(c2cnn(C)c2)C(=O)C1)c1ccccc1. The Bertz CT molecular complexity index is 817. The minimum absolute atomic E-state index is 0.0634. The fourth-order valence-corrected chi connectivity index (χ4v) is 3.59. The number of guanidine groups is 1. The molecule has 1 aromatic heterocycles. The summed E-state index contributed by atoms with van der Waals surface area (Å²) in [5.74, 6) is 0.848. The molecule has 8 heteroatoms.